The number of phosphoric ester groups is 2. The molecule has 0 aliphatic heterocycles. The van der Waals surface area contributed by atoms with Gasteiger partial charge in [0.15, 0.2) is 12.2 Å². The Morgan fingerprint density at radius 2 is 0.449 bits per heavy atom. The molecular formula is C88H172O17P2. The van der Waals surface area contributed by atoms with Crippen LogP contribution in [-0.4, -0.2) is 96.7 Å². The molecule has 0 fully saturated rings. The zero-order valence-electron chi connectivity index (χ0n) is 70.3. The lowest BCUT2D eigenvalue weighted by Crippen LogP contribution is -2.30. The first-order valence-electron chi connectivity index (χ1n) is 45.7. The Labute approximate surface area is 658 Å². The number of aliphatic hydroxyl groups excluding tert-OH is 1. The molecule has 0 saturated heterocycles. The third-order valence-electron chi connectivity index (χ3n) is 21.1. The zero-order valence-corrected chi connectivity index (χ0v) is 72.1. The Hall–Kier alpha value is -1.94. The van der Waals surface area contributed by atoms with E-state index in [1.54, 1.807) is 0 Å². The van der Waals surface area contributed by atoms with E-state index in [4.69, 9.17) is 37.0 Å². The summed E-state index contributed by atoms with van der Waals surface area (Å²) in [5.74, 6) is -1.22. The Bertz CT molecular complexity index is 2030. The molecule has 17 nitrogen and oxygen atoms in total. The van der Waals surface area contributed by atoms with Gasteiger partial charge in [-0.25, -0.2) is 9.13 Å². The Morgan fingerprint density at radius 3 is 0.664 bits per heavy atom. The third-order valence-corrected chi connectivity index (χ3v) is 23.0. The number of hydrogen-bond donors (Lipinski definition) is 3. The van der Waals surface area contributed by atoms with Gasteiger partial charge in [-0.05, 0) is 31.6 Å². The van der Waals surface area contributed by atoms with Crippen LogP contribution in [0.15, 0.2) is 0 Å². The summed E-state index contributed by atoms with van der Waals surface area (Å²) in [4.78, 5) is 73.3. The van der Waals surface area contributed by atoms with Gasteiger partial charge in [-0.2, -0.15) is 0 Å². The van der Waals surface area contributed by atoms with Crippen LogP contribution in [0, 0.1) is 5.92 Å². The monoisotopic (exact) mass is 1560 g/mol. The molecule has 0 aromatic rings. The first-order valence-corrected chi connectivity index (χ1v) is 48.7. The molecule has 0 aromatic carbocycles. The summed E-state index contributed by atoms with van der Waals surface area (Å²) in [6.45, 7) is 7.45. The summed E-state index contributed by atoms with van der Waals surface area (Å²) >= 11 is 0. The maximum atomic E-state index is 13.2. The molecule has 0 aliphatic carbocycles. The summed E-state index contributed by atoms with van der Waals surface area (Å²) in [6, 6.07) is 0. The van der Waals surface area contributed by atoms with Crippen molar-refractivity contribution < 1.29 is 80.2 Å². The molecule has 0 amide bonds. The second-order valence-corrected chi connectivity index (χ2v) is 34.8. The second kappa shape index (κ2) is 80.7. The first-order chi connectivity index (χ1) is 52.1. The molecule has 0 aliphatic rings. The Morgan fingerprint density at radius 1 is 0.262 bits per heavy atom. The fourth-order valence-electron chi connectivity index (χ4n) is 13.8. The highest BCUT2D eigenvalue weighted by molar-refractivity contribution is 7.47. The molecule has 636 valence electrons. The molecular weight excluding hydrogens is 1390 g/mol. The standard InChI is InChI=1S/C88H172O17P2/c1-6-10-13-16-19-22-25-28-29-30-31-35-38-43-47-52-57-62-67-72-86(91)99-78-84(105-88(93)74-69-64-59-54-49-44-39-36-33-32-34-37-42-45-50-55-60-65-70-81(5)9-4)80-103-107(96,97)101-76-82(89)75-100-106(94,95)102-79-83(104-87(92)73-68-63-58-53-48-41-27-24-21-18-15-12-8-3)77-98-85(90)71-66-61-56-51-46-40-26-23-20-17-14-11-7-2/h81-84,89H,6-80H2,1-5H3,(H,94,95)(H,96,97)/t81?,82-,83+,84+/m0/s1. The van der Waals surface area contributed by atoms with Crippen molar-refractivity contribution in [2.24, 2.45) is 5.92 Å². The van der Waals surface area contributed by atoms with Crippen LogP contribution in [0.2, 0.25) is 0 Å². The summed E-state index contributed by atoms with van der Waals surface area (Å²) in [5.41, 5.74) is 0. The predicted octanol–water partition coefficient (Wildman–Crippen LogP) is 27.2. The minimum Gasteiger partial charge on any atom is -0.462 e. The van der Waals surface area contributed by atoms with Gasteiger partial charge in [-0.1, -0.05) is 426 Å². The number of aliphatic hydroxyl groups is 1. The van der Waals surface area contributed by atoms with Gasteiger partial charge < -0.3 is 33.8 Å². The van der Waals surface area contributed by atoms with E-state index in [2.05, 4.69) is 34.6 Å². The number of esters is 4. The minimum absolute atomic E-state index is 0.109. The van der Waals surface area contributed by atoms with Gasteiger partial charge in [-0.15, -0.1) is 0 Å². The molecule has 3 unspecified atom stereocenters. The van der Waals surface area contributed by atoms with E-state index in [-0.39, 0.29) is 25.7 Å². The molecule has 0 rings (SSSR count). The van der Waals surface area contributed by atoms with E-state index >= 15 is 0 Å². The summed E-state index contributed by atoms with van der Waals surface area (Å²) < 4.78 is 69.0. The maximum Gasteiger partial charge on any atom is 0.472 e. The Balaban J connectivity index is 5.23. The van der Waals surface area contributed by atoms with Crippen LogP contribution in [0.3, 0.4) is 0 Å². The number of rotatable bonds is 88. The molecule has 19 heteroatoms. The minimum atomic E-state index is -4.97. The quantitative estimate of drug-likeness (QED) is 0.0222. The van der Waals surface area contributed by atoms with Crippen LogP contribution in [0.1, 0.15) is 478 Å². The number of phosphoric acid groups is 2. The highest BCUT2D eigenvalue weighted by atomic mass is 31.2. The largest absolute Gasteiger partial charge is 0.472 e. The van der Waals surface area contributed by atoms with Gasteiger partial charge in [0.1, 0.15) is 19.3 Å². The van der Waals surface area contributed by atoms with Crippen LogP contribution in [0.25, 0.3) is 0 Å². The fraction of sp³-hybridized carbons (Fsp3) is 0.955. The van der Waals surface area contributed by atoms with Gasteiger partial charge in [0.05, 0.1) is 26.4 Å². The molecule has 0 aromatic heterocycles. The molecule has 6 atom stereocenters. The number of carbonyl (C=O) groups excluding carboxylic acids is 4. The van der Waals surface area contributed by atoms with Crippen LogP contribution in [0.5, 0.6) is 0 Å². The van der Waals surface area contributed by atoms with E-state index in [0.29, 0.717) is 25.7 Å². The van der Waals surface area contributed by atoms with Crippen LogP contribution in [0.4, 0.5) is 0 Å². The first kappa shape index (κ1) is 105. The lowest BCUT2D eigenvalue weighted by molar-refractivity contribution is -0.161. The van der Waals surface area contributed by atoms with Crippen LogP contribution >= 0.6 is 15.6 Å². The second-order valence-electron chi connectivity index (χ2n) is 31.9. The smallest absolute Gasteiger partial charge is 0.462 e. The third kappa shape index (κ3) is 80.5. The van der Waals surface area contributed by atoms with E-state index in [9.17, 15) is 43.2 Å². The van der Waals surface area contributed by atoms with E-state index < -0.39 is 97.5 Å². The number of carbonyl (C=O) groups is 4. The molecule has 3 N–H and O–H groups in total. The van der Waals surface area contributed by atoms with Gasteiger partial charge in [-0.3, -0.25) is 37.3 Å². The van der Waals surface area contributed by atoms with Crippen LogP contribution in [-0.2, 0) is 65.4 Å². The maximum absolute atomic E-state index is 13.2. The fourth-order valence-corrected chi connectivity index (χ4v) is 15.4. The van der Waals surface area contributed by atoms with Crippen molar-refractivity contribution >= 4 is 39.5 Å². The number of hydrogen-bond acceptors (Lipinski definition) is 15. The highest BCUT2D eigenvalue weighted by Gasteiger charge is 2.30. The topological polar surface area (TPSA) is 237 Å². The molecule has 0 bridgehead atoms. The van der Waals surface area contributed by atoms with Gasteiger partial charge in [0.25, 0.3) is 0 Å². The number of unbranched alkanes of at least 4 members (excludes halogenated alkanes) is 59. The normalized spacial score (nSPS) is 14.0. The van der Waals surface area contributed by atoms with Gasteiger partial charge in [0.2, 0.25) is 0 Å². The van der Waals surface area contributed by atoms with Crippen LogP contribution < -0.4 is 0 Å². The van der Waals surface area contributed by atoms with Crippen molar-refractivity contribution in [1.29, 1.82) is 0 Å². The molecule has 0 saturated carbocycles. The molecule has 0 radical (unpaired) electrons. The Kier molecular flexibility index (Phi) is 79.2. The average molecular weight is 1560 g/mol. The van der Waals surface area contributed by atoms with E-state index in [1.165, 1.54) is 302 Å². The van der Waals surface area contributed by atoms with Crippen molar-refractivity contribution in [2.45, 2.75) is 496 Å². The highest BCUT2D eigenvalue weighted by Crippen LogP contribution is 2.45. The van der Waals surface area contributed by atoms with E-state index in [1.807, 2.05) is 0 Å². The van der Waals surface area contributed by atoms with E-state index in [0.717, 1.165) is 95.8 Å². The lowest BCUT2D eigenvalue weighted by Gasteiger charge is -2.21. The lowest BCUT2D eigenvalue weighted by atomic mass is 9.99. The average Bonchev–Trinajstić information content (AvgIpc) is 0.902. The van der Waals surface area contributed by atoms with Crippen molar-refractivity contribution in [3.8, 4) is 0 Å². The van der Waals surface area contributed by atoms with Crippen molar-refractivity contribution in [1.82, 2.24) is 0 Å². The molecule has 107 heavy (non-hydrogen) atoms. The summed E-state index contributed by atoms with van der Waals surface area (Å²) in [6.07, 6.45) is 74.9. The number of ether oxygens (including phenoxy) is 4. The van der Waals surface area contributed by atoms with Crippen molar-refractivity contribution in [2.75, 3.05) is 39.6 Å². The summed E-state index contributed by atoms with van der Waals surface area (Å²) in [5, 5.41) is 10.7. The predicted molar refractivity (Wildman–Crippen MR) is 442 cm³/mol. The van der Waals surface area contributed by atoms with Crippen molar-refractivity contribution in [3.63, 3.8) is 0 Å². The summed E-state index contributed by atoms with van der Waals surface area (Å²) in [7, 11) is -9.93. The van der Waals surface area contributed by atoms with Crippen molar-refractivity contribution in [3.05, 3.63) is 0 Å². The van der Waals surface area contributed by atoms with Gasteiger partial charge in [0, 0.05) is 25.7 Å². The molecule has 0 spiro atoms. The SMILES string of the molecule is CCCCCCCCCCCCCCCCCCCCCC(=O)OC[C@H](COP(=O)(O)OC[C@@H](O)COP(=O)(O)OC[C@@H](COC(=O)CCCCCCCCCCCCCCC)OC(=O)CCCCCCCCCCCCCCC)OC(=O)CCCCCCCCCCCCCCCCCCCCC(C)CC. The molecule has 0 heterocycles. The zero-order chi connectivity index (χ0) is 78.3. The van der Waals surface area contributed by atoms with Gasteiger partial charge >= 0.3 is 39.5 Å².